The molecule has 0 radical (unpaired) electrons. The lowest BCUT2D eigenvalue weighted by Crippen LogP contribution is -2.21. The molecular formula is C10H11ClO4. The molecule has 2 N–H and O–H groups in total. The molecule has 0 spiro atoms. The minimum atomic E-state index is -1.05. The van der Waals surface area contributed by atoms with Crippen molar-refractivity contribution in [3.63, 3.8) is 0 Å². The van der Waals surface area contributed by atoms with Gasteiger partial charge in [0.1, 0.15) is 12.4 Å². The van der Waals surface area contributed by atoms with Crippen LogP contribution in [-0.2, 0) is 4.79 Å². The number of hydrogen-bond donors (Lipinski definition) is 2. The van der Waals surface area contributed by atoms with Gasteiger partial charge in [0.05, 0.1) is 12.5 Å². The van der Waals surface area contributed by atoms with Crippen molar-refractivity contribution in [1.29, 1.82) is 0 Å². The van der Waals surface area contributed by atoms with Gasteiger partial charge >= 0.3 is 5.97 Å². The maximum absolute atomic E-state index is 10.2. The molecule has 0 bridgehead atoms. The van der Waals surface area contributed by atoms with E-state index in [0.717, 1.165) is 0 Å². The normalized spacial score (nSPS) is 12.1. The van der Waals surface area contributed by atoms with Gasteiger partial charge in [-0.2, -0.15) is 0 Å². The van der Waals surface area contributed by atoms with Crippen molar-refractivity contribution < 1.29 is 19.7 Å². The van der Waals surface area contributed by atoms with E-state index in [-0.39, 0.29) is 13.0 Å². The number of rotatable bonds is 5. The van der Waals surface area contributed by atoms with Gasteiger partial charge in [-0.05, 0) is 24.3 Å². The molecule has 0 fully saturated rings. The van der Waals surface area contributed by atoms with E-state index in [1.165, 1.54) is 0 Å². The lowest BCUT2D eigenvalue weighted by atomic mass is 10.3. The maximum atomic E-state index is 10.2. The third kappa shape index (κ3) is 4.67. The van der Waals surface area contributed by atoms with E-state index in [2.05, 4.69) is 0 Å². The van der Waals surface area contributed by atoms with Crippen LogP contribution < -0.4 is 4.74 Å². The first-order valence-electron chi connectivity index (χ1n) is 4.36. The van der Waals surface area contributed by atoms with Crippen LogP contribution in [-0.4, -0.2) is 28.9 Å². The molecule has 5 heteroatoms. The number of aliphatic hydroxyl groups is 1. The first-order valence-corrected chi connectivity index (χ1v) is 4.74. The van der Waals surface area contributed by atoms with Gasteiger partial charge in [-0.15, -0.1) is 0 Å². The molecule has 0 aromatic heterocycles. The molecule has 15 heavy (non-hydrogen) atoms. The average molecular weight is 231 g/mol. The number of hydrogen-bond acceptors (Lipinski definition) is 3. The van der Waals surface area contributed by atoms with Gasteiger partial charge in [-0.1, -0.05) is 11.6 Å². The number of ether oxygens (including phenoxy) is 1. The number of halogens is 1. The van der Waals surface area contributed by atoms with Gasteiger partial charge in [0, 0.05) is 5.02 Å². The van der Waals surface area contributed by atoms with Crippen LogP contribution in [0.15, 0.2) is 24.3 Å². The van der Waals surface area contributed by atoms with Crippen molar-refractivity contribution in [3.05, 3.63) is 29.3 Å². The van der Waals surface area contributed by atoms with Crippen LogP contribution in [0.2, 0.25) is 5.02 Å². The van der Waals surface area contributed by atoms with Gasteiger partial charge in [-0.3, -0.25) is 4.79 Å². The second-order valence-electron chi connectivity index (χ2n) is 3.02. The molecule has 0 unspecified atom stereocenters. The fourth-order valence-electron chi connectivity index (χ4n) is 0.984. The van der Waals surface area contributed by atoms with Gasteiger partial charge in [0.15, 0.2) is 0 Å². The number of carbonyl (C=O) groups is 1. The third-order valence-electron chi connectivity index (χ3n) is 1.67. The zero-order valence-corrected chi connectivity index (χ0v) is 8.65. The molecule has 0 heterocycles. The molecule has 1 atom stereocenters. The zero-order chi connectivity index (χ0) is 11.3. The molecule has 82 valence electrons. The summed E-state index contributed by atoms with van der Waals surface area (Å²) in [7, 11) is 0. The lowest BCUT2D eigenvalue weighted by molar-refractivity contribution is -0.139. The molecule has 4 nitrogen and oxygen atoms in total. The molecule has 0 aliphatic rings. The molecule has 1 rings (SSSR count). The summed E-state index contributed by atoms with van der Waals surface area (Å²) in [4.78, 5) is 10.2. The zero-order valence-electron chi connectivity index (χ0n) is 7.89. The van der Waals surface area contributed by atoms with Crippen LogP contribution in [0.4, 0.5) is 0 Å². The van der Waals surface area contributed by atoms with Crippen LogP contribution >= 0.6 is 11.6 Å². The van der Waals surface area contributed by atoms with Crippen molar-refractivity contribution >= 4 is 17.6 Å². The Morgan fingerprint density at radius 1 is 1.40 bits per heavy atom. The number of aliphatic hydroxyl groups excluding tert-OH is 1. The Balaban J connectivity index is 2.36. The fraction of sp³-hybridized carbons (Fsp3) is 0.300. The second-order valence-corrected chi connectivity index (χ2v) is 3.45. The highest BCUT2D eigenvalue weighted by Crippen LogP contribution is 2.15. The molecule has 0 saturated heterocycles. The Hall–Kier alpha value is -1.26. The summed E-state index contributed by atoms with van der Waals surface area (Å²) in [5, 5.41) is 18.2. The monoisotopic (exact) mass is 230 g/mol. The first-order chi connectivity index (χ1) is 7.08. The molecule has 0 aliphatic heterocycles. The SMILES string of the molecule is O=C(O)C[C@H](O)COc1ccc(Cl)cc1. The van der Waals surface area contributed by atoms with E-state index in [0.29, 0.717) is 10.8 Å². The van der Waals surface area contributed by atoms with E-state index in [1.807, 2.05) is 0 Å². The van der Waals surface area contributed by atoms with Crippen molar-refractivity contribution in [2.75, 3.05) is 6.61 Å². The minimum Gasteiger partial charge on any atom is -0.491 e. The predicted molar refractivity (Wildman–Crippen MR) is 55.2 cm³/mol. The summed E-state index contributed by atoms with van der Waals surface area (Å²) in [6, 6.07) is 6.60. The number of carboxylic acid groups (broad SMARTS) is 1. The highest BCUT2D eigenvalue weighted by molar-refractivity contribution is 6.30. The molecular weight excluding hydrogens is 220 g/mol. The highest BCUT2D eigenvalue weighted by atomic mass is 35.5. The van der Waals surface area contributed by atoms with E-state index < -0.39 is 12.1 Å². The average Bonchev–Trinajstić information content (AvgIpc) is 2.16. The second kappa shape index (κ2) is 5.58. The molecule has 0 aliphatic carbocycles. The quantitative estimate of drug-likeness (QED) is 0.806. The van der Waals surface area contributed by atoms with Gasteiger partial charge in [0.2, 0.25) is 0 Å². The lowest BCUT2D eigenvalue weighted by Gasteiger charge is -2.10. The predicted octanol–water partition coefficient (Wildman–Crippen LogP) is 1.55. The van der Waals surface area contributed by atoms with Crippen LogP contribution in [0.3, 0.4) is 0 Å². The number of carboxylic acids is 1. The summed E-state index contributed by atoms with van der Waals surface area (Å²) >= 11 is 5.66. The summed E-state index contributed by atoms with van der Waals surface area (Å²) in [6.45, 7) is -0.0477. The van der Waals surface area contributed by atoms with Crippen molar-refractivity contribution in [2.24, 2.45) is 0 Å². The van der Waals surface area contributed by atoms with E-state index in [9.17, 15) is 9.90 Å². The summed E-state index contributed by atoms with van der Waals surface area (Å²) < 4.78 is 5.15. The van der Waals surface area contributed by atoms with E-state index in [4.69, 9.17) is 21.4 Å². The van der Waals surface area contributed by atoms with Crippen molar-refractivity contribution in [1.82, 2.24) is 0 Å². The summed E-state index contributed by atoms with van der Waals surface area (Å²) in [6.07, 6.45) is -1.33. The van der Waals surface area contributed by atoms with Crippen LogP contribution in [0.1, 0.15) is 6.42 Å². The van der Waals surface area contributed by atoms with Crippen LogP contribution in [0.5, 0.6) is 5.75 Å². The molecule has 0 amide bonds. The van der Waals surface area contributed by atoms with Crippen LogP contribution in [0.25, 0.3) is 0 Å². The fourth-order valence-corrected chi connectivity index (χ4v) is 1.11. The Morgan fingerprint density at radius 3 is 2.53 bits per heavy atom. The minimum absolute atomic E-state index is 0.0477. The maximum Gasteiger partial charge on any atom is 0.306 e. The van der Waals surface area contributed by atoms with Gasteiger partial charge < -0.3 is 14.9 Å². The Bertz CT molecular complexity index is 323. The molecule has 1 aromatic rings. The largest absolute Gasteiger partial charge is 0.491 e. The van der Waals surface area contributed by atoms with E-state index >= 15 is 0 Å². The topological polar surface area (TPSA) is 66.8 Å². The smallest absolute Gasteiger partial charge is 0.306 e. The van der Waals surface area contributed by atoms with E-state index in [1.54, 1.807) is 24.3 Å². The van der Waals surface area contributed by atoms with Crippen molar-refractivity contribution in [2.45, 2.75) is 12.5 Å². The highest BCUT2D eigenvalue weighted by Gasteiger charge is 2.09. The number of benzene rings is 1. The number of aliphatic carboxylic acids is 1. The van der Waals surface area contributed by atoms with Gasteiger partial charge in [0.25, 0.3) is 0 Å². The summed E-state index contributed by atoms with van der Waals surface area (Å²) in [5.41, 5.74) is 0. The Morgan fingerprint density at radius 2 is 2.00 bits per heavy atom. The Kier molecular flexibility index (Phi) is 4.39. The van der Waals surface area contributed by atoms with Crippen LogP contribution in [0, 0.1) is 0 Å². The standard InChI is InChI=1S/C10H11ClO4/c11-7-1-3-9(4-2-7)15-6-8(12)5-10(13)14/h1-4,8,12H,5-6H2,(H,13,14)/t8-/m0/s1. The summed E-state index contributed by atoms with van der Waals surface area (Å²) in [5.74, 6) is -0.508. The van der Waals surface area contributed by atoms with Crippen molar-refractivity contribution in [3.8, 4) is 5.75 Å². The Labute approximate surface area is 92.1 Å². The third-order valence-corrected chi connectivity index (χ3v) is 1.92. The molecule has 1 aromatic carbocycles. The first kappa shape index (κ1) is 11.8. The molecule has 0 saturated carbocycles. The van der Waals surface area contributed by atoms with Gasteiger partial charge in [-0.25, -0.2) is 0 Å².